The second-order valence-electron chi connectivity index (χ2n) is 7.44. The molecule has 0 heterocycles. The Hall–Kier alpha value is -2.16. The van der Waals surface area contributed by atoms with Gasteiger partial charge in [0.05, 0.1) is 11.2 Å². The van der Waals surface area contributed by atoms with Crippen LogP contribution in [0.15, 0.2) is 60.7 Å². The Bertz CT molecular complexity index is 843. The number of benzene rings is 3. The van der Waals surface area contributed by atoms with Gasteiger partial charge in [0.15, 0.2) is 0 Å². The third kappa shape index (κ3) is 3.21. The van der Waals surface area contributed by atoms with Crippen molar-refractivity contribution in [2.45, 2.75) is 38.9 Å². The number of hydrogen-bond donors (Lipinski definition) is 2. The molecule has 0 aromatic heterocycles. The van der Waals surface area contributed by atoms with E-state index in [0.717, 1.165) is 27.6 Å². The highest BCUT2D eigenvalue weighted by molar-refractivity contribution is 5.96. The van der Waals surface area contributed by atoms with Crippen molar-refractivity contribution in [2.24, 2.45) is 0 Å². The van der Waals surface area contributed by atoms with Crippen LogP contribution in [-0.2, 0) is 11.2 Å². The topological polar surface area (TPSA) is 40.5 Å². The second-order valence-corrected chi connectivity index (χ2v) is 7.44. The van der Waals surface area contributed by atoms with E-state index in [2.05, 4.69) is 24.3 Å². The third-order valence-corrected chi connectivity index (χ3v) is 4.45. The van der Waals surface area contributed by atoms with Crippen LogP contribution in [0.1, 0.15) is 38.8 Å². The third-order valence-electron chi connectivity index (χ3n) is 4.45. The predicted octanol–water partition coefficient (Wildman–Crippen LogP) is 4.96. The first-order valence-corrected chi connectivity index (χ1v) is 8.25. The maximum atomic E-state index is 10.5. The molecule has 2 nitrogen and oxygen atoms in total. The first-order chi connectivity index (χ1) is 11.2. The van der Waals surface area contributed by atoms with Crippen LogP contribution < -0.4 is 0 Å². The summed E-state index contributed by atoms with van der Waals surface area (Å²) in [4.78, 5) is 0. The summed E-state index contributed by atoms with van der Waals surface area (Å²) in [5.74, 6) is 0. The minimum atomic E-state index is -0.972. The Morgan fingerprint density at radius 3 is 1.79 bits per heavy atom. The zero-order valence-electron chi connectivity index (χ0n) is 14.7. The summed E-state index contributed by atoms with van der Waals surface area (Å²) in [6.45, 7) is 7.07. The van der Waals surface area contributed by atoms with Crippen LogP contribution in [0.2, 0.25) is 0 Å². The van der Waals surface area contributed by atoms with Gasteiger partial charge in [-0.05, 0) is 72.9 Å². The van der Waals surface area contributed by atoms with Crippen LogP contribution in [0, 0.1) is 0 Å². The van der Waals surface area contributed by atoms with E-state index in [1.165, 1.54) is 5.39 Å². The molecule has 0 atom stereocenters. The fraction of sp³-hybridized carbons (Fsp3) is 0.273. The summed E-state index contributed by atoms with van der Waals surface area (Å²) in [6, 6.07) is 20.4. The smallest absolute Gasteiger partial charge is 0.0840 e. The summed E-state index contributed by atoms with van der Waals surface area (Å²) < 4.78 is 0. The summed E-state index contributed by atoms with van der Waals surface area (Å²) >= 11 is 0. The molecule has 3 aromatic carbocycles. The zero-order valence-corrected chi connectivity index (χ0v) is 14.7. The van der Waals surface area contributed by atoms with Crippen LogP contribution in [0.3, 0.4) is 0 Å². The Morgan fingerprint density at radius 1 is 0.667 bits per heavy atom. The van der Waals surface area contributed by atoms with Gasteiger partial charge in [0, 0.05) is 0 Å². The summed E-state index contributed by atoms with van der Waals surface area (Å²) in [5.41, 5.74) is 1.75. The van der Waals surface area contributed by atoms with Crippen LogP contribution >= 0.6 is 0 Å². The molecule has 0 saturated heterocycles. The van der Waals surface area contributed by atoms with Gasteiger partial charge >= 0.3 is 0 Å². The number of hydrogen-bond acceptors (Lipinski definition) is 2. The standard InChI is InChI=1S/C22H24O2/c1-21(2,23)17-12-16(13-18(14-17)22(3,4)24)20-11-7-9-15-8-5-6-10-19(15)20/h5-14,23-24H,1-4H3. The van der Waals surface area contributed by atoms with Gasteiger partial charge < -0.3 is 10.2 Å². The van der Waals surface area contributed by atoms with Crippen molar-refractivity contribution in [3.63, 3.8) is 0 Å². The molecule has 2 heteroatoms. The Kier molecular flexibility index (Phi) is 3.98. The molecule has 3 aromatic rings. The Morgan fingerprint density at radius 2 is 1.21 bits per heavy atom. The maximum Gasteiger partial charge on any atom is 0.0840 e. The summed E-state index contributed by atoms with van der Waals surface area (Å²) in [5, 5.41) is 23.3. The Labute approximate surface area is 143 Å². The van der Waals surface area contributed by atoms with E-state index >= 15 is 0 Å². The first kappa shape index (κ1) is 16.7. The van der Waals surface area contributed by atoms with E-state index in [1.54, 1.807) is 27.7 Å². The molecule has 3 rings (SSSR count). The maximum absolute atomic E-state index is 10.5. The van der Waals surface area contributed by atoms with Crippen molar-refractivity contribution in [2.75, 3.05) is 0 Å². The molecule has 0 radical (unpaired) electrons. The molecule has 0 aliphatic heterocycles. The van der Waals surface area contributed by atoms with E-state index in [0.29, 0.717) is 0 Å². The highest BCUT2D eigenvalue weighted by atomic mass is 16.3. The molecule has 0 bridgehead atoms. The molecular formula is C22H24O2. The van der Waals surface area contributed by atoms with Gasteiger partial charge in [-0.1, -0.05) is 48.5 Å². The van der Waals surface area contributed by atoms with Crippen molar-refractivity contribution in [1.29, 1.82) is 0 Å². The summed E-state index contributed by atoms with van der Waals surface area (Å²) in [7, 11) is 0. The molecule has 0 unspecified atom stereocenters. The summed E-state index contributed by atoms with van der Waals surface area (Å²) in [6.07, 6.45) is 0. The van der Waals surface area contributed by atoms with Crippen LogP contribution in [-0.4, -0.2) is 10.2 Å². The lowest BCUT2D eigenvalue weighted by Crippen LogP contribution is -2.20. The SMILES string of the molecule is CC(C)(O)c1cc(-c2cccc3ccccc23)cc(C(C)(C)O)c1. The lowest BCUT2D eigenvalue weighted by Gasteiger charge is -2.25. The van der Waals surface area contributed by atoms with Gasteiger partial charge in [-0.15, -0.1) is 0 Å². The van der Waals surface area contributed by atoms with E-state index in [-0.39, 0.29) is 0 Å². The lowest BCUT2D eigenvalue weighted by atomic mass is 9.86. The monoisotopic (exact) mass is 320 g/mol. The molecule has 124 valence electrons. The predicted molar refractivity (Wildman–Crippen MR) is 99.9 cm³/mol. The largest absolute Gasteiger partial charge is 0.386 e. The number of aliphatic hydroxyl groups is 2. The first-order valence-electron chi connectivity index (χ1n) is 8.25. The van der Waals surface area contributed by atoms with Crippen LogP contribution in [0.4, 0.5) is 0 Å². The van der Waals surface area contributed by atoms with E-state index in [4.69, 9.17) is 0 Å². The molecule has 0 spiro atoms. The van der Waals surface area contributed by atoms with Gasteiger partial charge in [-0.2, -0.15) is 0 Å². The van der Waals surface area contributed by atoms with Crippen LogP contribution in [0.25, 0.3) is 21.9 Å². The average Bonchev–Trinajstić information content (AvgIpc) is 2.52. The minimum Gasteiger partial charge on any atom is -0.386 e. The van der Waals surface area contributed by atoms with E-state index in [1.807, 2.05) is 36.4 Å². The fourth-order valence-electron chi connectivity index (χ4n) is 2.97. The van der Waals surface area contributed by atoms with Gasteiger partial charge in [-0.25, -0.2) is 0 Å². The van der Waals surface area contributed by atoms with Gasteiger partial charge in [-0.3, -0.25) is 0 Å². The van der Waals surface area contributed by atoms with Crippen LogP contribution in [0.5, 0.6) is 0 Å². The van der Waals surface area contributed by atoms with Crippen molar-refractivity contribution in [1.82, 2.24) is 0 Å². The van der Waals surface area contributed by atoms with Crippen molar-refractivity contribution >= 4 is 10.8 Å². The van der Waals surface area contributed by atoms with E-state index < -0.39 is 11.2 Å². The number of fused-ring (bicyclic) bond motifs is 1. The second kappa shape index (κ2) is 5.73. The lowest BCUT2D eigenvalue weighted by molar-refractivity contribution is 0.0719. The van der Waals surface area contributed by atoms with E-state index in [9.17, 15) is 10.2 Å². The van der Waals surface area contributed by atoms with Gasteiger partial charge in [0.25, 0.3) is 0 Å². The van der Waals surface area contributed by atoms with Crippen molar-refractivity contribution in [3.05, 3.63) is 71.8 Å². The molecule has 0 fully saturated rings. The highest BCUT2D eigenvalue weighted by Gasteiger charge is 2.23. The van der Waals surface area contributed by atoms with Crippen molar-refractivity contribution in [3.8, 4) is 11.1 Å². The molecule has 24 heavy (non-hydrogen) atoms. The zero-order chi connectivity index (χ0) is 17.5. The quantitative estimate of drug-likeness (QED) is 0.716. The molecule has 0 saturated carbocycles. The average molecular weight is 320 g/mol. The number of rotatable bonds is 3. The molecule has 2 N–H and O–H groups in total. The molecular weight excluding hydrogens is 296 g/mol. The molecule has 0 aliphatic rings. The minimum absolute atomic E-state index is 0.796. The molecule has 0 aliphatic carbocycles. The van der Waals surface area contributed by atoms with Gasteiger partial charge in [0.1, 0.15) is 0 Å². The fourth-order valence-corrected chi connectivity index (χ4v) is 2.97. The normalized spacial score (nSPS) is 12.6. The van der Waals surface area contributed by atoms with Gasteiger partial charge in [0.2, 0.25) is 0 Å². The molecule has 0 amide bonds. The van der Waals surface area contributed by atoms with Crippen molar-refractivity contribution < 1.29 is 10.2 Å². The Balaban J connectivity index is 2.30. The highest BCUT2D eigenvalue weighted by Crippen LogP contribution is 2.35.